The molecule has 0 aliphatic carbocycles. The van der Waals surface area contributed by atoms with Crippen LogP contribution in [-0.2, 0) is 0 Å². The maximum Gasteiger partial charge on any atom is 0.136 e. The zero-order valence-corrected chi connectivity index (χ0v) is 28.1. The molecule has 3 heteroatoms. The van der Waals surface area contributed by atoms with Gasteiger partial charge in [0.15, 0.2) is 0 Å². The predicted molar refractivity (Wildman–Crippen MR) is 217 cm³/mol. The minimum Gasteiger partial charge on any atom is -0.456 e. The SMILES string of the molecule is c1ccc(-c2nc3ccccc3c3c2ccc2oc4ccc(-c5ccc(-c6ccc7c8ccccc8n(-c8ccccc8)c7c6)cc5)cc4c23)cc1. The second-order valence-electron chi connectivity index (χ2n) is 13.5. The number of benzene rings is 8. The van der Waals surface area contributed by atoms with Gasteiger partial charge >= 0.3 is 0 Å². The van der Waals surface area contributed by atoms with Gasteiger partial charge in [-0.05, 0) is 76.9 Å². The lowest BCUT2D eigenvalue weighted by Gasteiger charge is -2.11. The van der Waals surface area contributed by atoms with Crippen molar-refractivity contribution < 1.29 is 4.42 Å². The van der Waals surface area contributed by atoms with Gasteiger partial charge in [0.05, 0.1) is 22.2 Å². The van der Waals surface area contributed by atoms with Crippen molar-refractivity contribution in [1.29, 1.82) is 0 Å². The fourth-order valence-electron chi connectivity index (χ4n) is 8.17. The lowest BCUT2D eigenvalue weighted by Crippen LogP contribution is -1.93. The first-order chi connectivity index (χ1) is 25.8. The van der Waals surface area contributed by atoms with Crippen molar-refractivity contribution in [3.63, 3.8) is 0 Å². The van der Waals surface area contributed by atoms with Crippen molar-refractivity contribution in [2.45, 2.75) is 0 Å². The van der Waals surface area contributed by atoms with Gasteiger partial charge in [-0.25, -0.2) is 4.98 Å². The van der Waals surface area contributed by atoms with Crippen LogP contribution in [0.15, 0.2) is 186 Å². The topological polar surface area (TPSA) is 31.0 Å². The fraction of sp³-hybridized carbons (Fsp3) is 0. The minimum absolute atomic E-state index is 0.882. The number of rotatable bonds is 4. The summed E-state index contributed by atoms with van der Waals surface area (Å²) in [4.78, 5) is 5.16. The van der Waals surface area contributed by atoms with Gasteiger partial charge < -0.3 is 8.98 Å². The highest BCUT2D eigenvalue weighted by Gasteiger charge is 2.18. The standard InChI is InChI=1S/C49H30N2O/c1-3-11-33(12-4-1)49-40-26-28-46-48(47(40)39-16-7-9-17-42(39)50-49)41-29-34(24-27-45(41)52-46)31-19-21-32(22-20-31)35-23-25-38-37-15-8-10-18-43(37)51(44(38)30-35)36-13-5-2-6-14-36/h1-30H. The van der Waals surface area contributed by atoms with E-state index in [-0.39, 0.29) is 0 Å². The largest absolute Gasteiger partial charge is 0.456 e. The van der Waals surface area contributed by atoms with Crippen LogP contribution in [0.5, 0.6) is 0 Å². The van der Waals surface area contributed by atoms with Crippen molar-refractivity contribution >= 4 is 65.4 Å². The van der Waals surface area contributed by atoms with Crippen molar-refractivity contribution in [3.8, 4) is 39.2 Å². The van der Waals surface area contributed by atoms with Crippen LogP contribution in [0.4, 0.5) is 0 Å². The highest BCUT2D eigenvalue weighted by atomic mass is 16.3. The molecule has 3 aromatic heterocycles. The average molecular weight is 663 g/mol. The molecule has 0 saturated carbocycles. The highest BCUT2D eigenvalue weighted by molar-refractivity contribution is 6.28. The van der Waals surface area contributed by atoms with E-state index in [1.54, 1.807) is 0 Å². The molecule has 0 radical (unpaired) electrons. The van der Waals surface area contributed by atoms with E-state index in [0.29, 0.717) is 0 Å². The van der Waals surface area contributed by atoms with Gasteiger partial charge in [0.25, 0.3) is 0 Å². The molecule has 0 aliphatic heterocycles. The van der Waals surface area contributed by atoms with E-state index in [9.17, 15) is 0 Å². The number of para-hydroxylation sites is 3. The summed E-state index contributed by atoms with van der Waals surface area (Å²) >= 11 is 0. The monoisotopic (exact) mass is 662 g/mol. The van der Waals surface area contributed by atoms with E-state index in [0.717, 1.165) is 66.3 Å². The Morgan fingerprint density at radius 3 is 1.77 bits per heavy atom. The molecule has 0 bridgehead atoms. The normalized spacial score (nSPS) is 11.8. The molecule has 0 aliphatic rings. The molecule has 242 valence electrons. The number of fused-ring (bicyclic) bond motifs is 10. The Kier molecular flexibility index (Phi) is 6.25. The van der Waals surface area contributed by atoms with E-state index in [2.05, 4.69) is 180 Å². The van der Waals surface area contributed by atoms with Crippen molar-refractivity contribution in [3.05, 3.63) is 182 Å². The maximum absolute atomic E-state index is 6.50. The molecule has 0 N–H and O–H groups in total. The molecule has 0 fully saturated rings. The number of hydrogen-bond donors (Lipinski definition) is 0. The number of furan rings is 1. The summed E-state index contributed by atoms with van der Waals surface area (Å²) in [6.45, 7) is 0. The summed E-state index contributed by atoms with van der Waals surface area (Å²) in [5.74, 6) is 0. The second kappa shape index (κ2) is 11.3. The molecular weight excluding hydrogens is 633 g/mol. The Balaban J connectivity index is 1.05. The molecule has 52 heavy (non-hydrogen) atoms. The van der Waals surface area contributed by atoms with Crippen molar-refractivity contribution in [2.75, 3.05) is 0 Å². The minimum atomic E-state index is 0.882. The fourth-order valence-corrected chi connectivity index (χ4v) is 8.17. The molecule has 0 atom stereocenters. The summed E-state index contributed by atoms with van der Waals surface area (Å²) in [5.41, 5.74) is 13.1. The van der Waals surface area contributed by atoms with E-state index in [1.807, 2.05) is 6.07 Å². The zero-order valence-electron chi connectivity index (χ0n) is 28.1. The Hall–Kier alpha value is -6.97. The van der Waals surface area contributed by atoms with Gasteiger partial charge in [0, 0.05) is 49.0 Å². The van der Waals surface area contributed by atoms with Crippen LogP contribution in [0.2, 0.25) is 0 Å². The van der Waals surface area contributed by atoms with E-state index in [1.165, 1.54) is 38.3 Å². The van der Waals surface area contributed by atoms with Crippen LogP contribution < -0.4 is 0 Å². The van der Waals surface area contributed by atoms with Crippen molar-refractivity contribution in [2.24, 2.45) is 0 Å². The zero-order chi connectivity index (χ0) is 34.2. The summed E-state index contributed by atoms with van der Waals surface area (Å²) in [5, 5.41) is 8.19. The van der Waals surface area contributed by atoms with E-state index >= 15 is 0 Å². The number of hydrogen-bond acceptors (Lipinski definition) is 2. The molecule has 8 aromatic carbocycles. The summed E-state index contributed by atoms with van der Waals surface area (Å²) in [7, 11) is 0. The van der Waals surface area contributed by atoms with Gasteiger partial charge in [-0.15, -0.1) is 0 Å². The highest BCUT2D eigenvalue weighted by Crippen LogP contribution is 2.42. The molecule has 0 spiro atoms. The molecule has 0 unspecified atom stereocenters. The summed E-state index contributed by atoms with van der Waals surface area (Å²) in [6, 6.07) is 64.8. The lowest BCUT2D eigenvalue weighted by molar-refractivity contribution is 0.669. The number of aromatic nitrogens is 2. The van der Waals surface area contributed by atoms with E-state index < -0.39 is 0 Å². The Labute approximate surface area is 299 Å². The Bertz CT molecular complexity index is 3150. The lowest BCUT2D eigenvalue weighted by atomic mass is 9.95. The van der Waals surface area contributed by atoms with Gasteiger partial charge in [-0.3, -0.25) is 0 Å². The molecule has 3 nitrogen and oxygen atoms in total. The molecule has 3 heterocycles. The van der Waals surface area contributed by atoms with Gasteiger partial charge in [-0.2, -0.15) is 0 Å². The molecule has 11 rings (SSSR count). The van der Waals surface area contributed by atoms with E-state index in [4.69, 9.17) is 9.40 Å². The van der Waals surface area contributed by atoms with Crippen molar-refractivity contribution in [1.82, 2.24) is 9.55 Å². The number of pyridine rings is 1. The van der Waals surface area contributed by atoms with Gasteiger partial charge in [0.2, 0.25) is 0 Å². The van der Waals surface area contributed by atoms with Gasteiger partial charge in [-0.1, -0.05) is 127 Å². The molecule has 0 amide bonds. The van der Waals surface area contributed by atoms with Gasteiger partial charge in [0.1, 0.15) is 11.2 Å². The molecule has 11 aromatic rings. The first-order valence-corrected chi connectivity index (χ1v) is 17.7. The smallest absolute Gasteiger partial charge is 0.136 e. The quantitative estimate of drug-likeness (QED) is 0.176. The Morgan fingerprint density at radius 1 is 0.365 bits per heavy atom. The second-order valence-corrected chi connectivity index (χ2v) is 13.5. The predicted octanol–water partition coefficient (Wildman–Crippen LogP) is 13.4. The van der Waals surface area contributed by atoms with Crippen LogP contribution in [0.3, 0.4) is 0 Å². The third-order valence-corrected chi connectivity index (χ3v) is 10.6. The summed E-state index contributed by atoms with van der Waals surface area (Å²) in [6.07, 6.45) is 0. The third kappa shape index (κ3) is 4.36. The van der Waals surface area contributed by atoms with Crippen LogP contribution in [0, 0.1) is 0 Å². The average Bonchev–Trinajstić information content (AvgIpc) is 3.76. The number of nitrogens with zero attached hydrogens (tertiary/aromatic N) is 2. The molecule has 0 saturated heterocycles. The molecular formula is C49H30N2O. The first-order valence-electron chi connectivity index (χ1n) is 17.7. The van der Waals surface area contributed by atoms with Crippen LogP contribution in [-0.4, -0.2) is 9.55 Å². The van der Waals surface area contributed by atoms with Crippen LogP contribution >= 0.6 is 0 Å². The summed E-state index contributed by atoms with van der Waals surface area (Å²) < 4.78 is 8.87. The third-order valence-electron chi connectivity index (χ3n) is 10.6. The van der Waals surface area contributed by atoms with Crippen LogP contribution in [0.25, 0.3) is 105 Å². The maximum atomic E-state index is 6.50. The Morgan fingerprint density at radius 2 is 0.962 bits per heavy atom. The van der Waals surface area contributed by atoms with Crippen LogP contribution in [0.1, 0.15) is 0 Å². The first kappa shape index (κ1) is 28.8.